The van der Waals surface area contributed by atoms with E-state index in [1.54, 1.807) is 0 Å². The zero-order chi connectivity index (χ0) is 14.2. The zero-order valence-corrected chi connectivity index (χ0v) is 12.2. The fourth-order valence-corrected chi connectivity index (χ4v) is 2.24. The maximum atomic E-state index is 5.68. The highest BCUT2D eigenvalue weighted by Gasteiger charge is 1.97. The second-order valence-electron chi connectivity index (χ2n) is 5.25. The van der Waals surface area contributed by atoms with Gasteiger partial charge in [-0.3, -0.25) is 0 Å². The van der Waals surface area contributed by atoms with E-state index < -0.39 is 0 Å². The van der Waals surface area contributed by atoms with Crippen molar-refractivity contribution in [2.75, 3.05) is 11.1 Å². The maximum Gasteiger partial charge on any atom is 0.0385 e. The first-order valence-corrected chi connectivity index (χ1v) is 7.49. The first kappa shape index (κ1) is 14.4. The fourth-order valence-electron chi connectivity index (χ4n) is 2.24. The Morgan fingerprint density at radius 3 is 2.00 bits per heavy atom. The van der Waals surface area contributed by atoms with Crippen molar-refractivity contribution in [2.45, 2.75) is 39.0 Å². The number of benzene rings is 2. The molecule has 0 saturated heterocycles. The van der Waals surface area contributed by atoms with Gasteiger partial charge in [0.15, 0.2) is 0 Å². The van der Waals surface area contributed by atoms with Crippen LogP contribution in [-0.4, -0.2) is 0 Å². The van der Waals surface area contributed by atoms with Gasteiger partial charge in [-0.15, -0.1) is 0 Å². The van der Waals surface area contributed by atoms with Crippen LogP contribution in [0.25, 0.3) is 0 Å². The Balaban J connectivity index is 1.86. The van der Waals surface area contributed by atoms with E-state index in [9.17, 15) is 0 Å². The number of rotatable bonds is 7. The predicted octanol–water partition coefficient (Wildman–Crippen LogP) is 5.14. The summed E-state index contributed by atoms with van der Waals surface area (Å²) in [5.41, 5.74) is 10.1. The predicted molar refractivity (Wildman–Crippen MR) is 88.4 cm³/mol. The van der Waals surface area contributed by atoms with Crippen LogP contribution in [0.3, 0.4) is 0 Å². The number of unbranched alkanes of at least 4 members (excludes halogenated alkanes) is 3. The Kier molecular flexibility index (Phi) is 5.48. The van der Waals surface area contributed by atoms with Gasteiger partial charge in [0.05, 0.1) is 0 Å². The summed E-state index contributed by atoms with van der Waals surface area (Å²) in [4.78, 5) is 0. The zero-order valence-electron chi connectivity index (χ0n) is 12.2. The highest BCUT2D eigenvalue weighted by molar-refractivity contribution is 5.61. The largest absolute Gasteiger partial charge is 0.399 e. The van der Waals surface area contributed by atoms with E-state index in [0.717, 1.165) is 17.1 Å². The topological polar surface area (TPSA) is 38.0 Å². The summed E-state index contributed by atoms with van der Waals surface area (Å²) < 4.78 is 0. The van der Waals surface area contributed by atoms with Crippen molar-refractivity contribution >= 4 is 17.1 Å². The summed E-state index contributed by atoms with van der Waals surface area (Å²) >= 11 is 0. The van der Waals surface area contributed by atoms with E-state index in [4.69, 9.17) is 5.73 Å². The third kappa shape index (κ3) is 4.61. The van der Waals surface area contributed by atoms with E-state index >= 15 is 0 Å². The molecular weight excluding hydrogens is 244 g/mol. The van der Waals surface area contributed by atoms with E-state index in [0.29, 0.717) is 0 Å². The van der Waals surface area contributed by atoms with Gasteiger partial charge in [0.1, 0.15) is 0 Å². The van der Waals surface area contributed by atoms with Crippen molar-refractivity contribution in [1.82, 2.24) is 0 Å². The van der Waals surface area contributed by atoms with Gasteiger partial charge in [-0.25, -0.2) is 0 Å². The maximum absolute atomic E-state index is 5.68. The summed E-state index contributed by atoms with van der Waals surface area (Å²) in [6.45, 7) is 2.25. The van der Waals surface area contributed by atoms with Crippen LogP contribution < -0.4 is 11.1 Å². The Morgan fingerprint density at radius 2 is 1.40 bits per heavy atom. The van der Waals surface area contributed by atoms with Crippen LogP contribution in [0.5, 0.6) is 0 Å². The van der Waals surface area contributed by atoms with Crippen molar-refractivity contribution in [3.05, 3.63) is 54.1 Å². The van der Waals surface area contributed by atoms with Gasteiger partial charge in [-0.1, -0.05) is 38.3 Å². The minimum absolute atomic E-state index is 0.790. The standard InChI is InChI=1S/C18H24N2/c1-2-3-4-5-6-15-7-11-17(12-8-15)20-18-13-9-16(19)10-14-18/h7-14,20H,2-6,19H2,1H3. The van der Waals surface area contributed by atoms with Crippen molar-refractivity contribution in [3.8, 4) is 0 Å². The van der Waals surface area contributed by atoms with Crippen LogP contribution in [0.4, 0.5) is 17.1 Å². The Bertz CT molecular complexity index is 500. The molecule has 0 saturated carbocycles. The van der Waals surface area contributed by atoms with Gasteiger partial charge in [0.2, 0.25) is 0 Å². The number of nitrogen functional groups attached to an aromatic ring is 1. The second-order valence-corrected chi connectivity index (χ2v) is 5.25. The molecular formula is C18H24N2. The third-order valence-corrected chi connectivity index (χ3v) is 3.47. The van der Waals surface area contributed by atoms with Gasteiger partial charge in [-0.2, -0.15) is 0 Å². The first-order chi connectivity index (χ1) is 9.78. The van der Waals surface area contributed by atoms with Crippen molar-refractivity contribution < 1.29 is 0 Å². The molecule has 0 aliphatic rings. The molecule has 2 nitrogen and oxygen atoms in total. The van der Waals surface area contributed by atoms with Crippen LogP contribution >= 0.6 is 0 Å². The Hall–Kier alpha value is -1.96. The second kappa shape index (κ2) is 7.59. The van der Waals surface area contributed by atoms with Crippen LogP contribution in [0.15, 0.2) is 48.5 Å². The molecule has 0 fully saturated rings. The van der Waals surface area contributed by atoms with Gasteiger partial charge in [-0.05, 0) is 54.8 Å². The molecule has 0 bridgehead atoms. The molecule has 2 aromatic rings. The molecule has 3 N–H and O–H groups in total. The lowest BCUT2D eigenvalue weighted by Gasteiger charge is -2.08. The van der Waals surface area contributed by atoms with E-state index in [1.165, 1.54) is 37.7 Å². The molecule has 0 unspecified atom stereocenters. The molecule has 0 aliphatic heterocycles. The number of hydrogen-bond acceptors (Lipinski definition) is 2. The quantitative estimate of drug-likeness (QED) is 0.539. The van der Waals surface area contributed by atoms with E-state index in [1.807, 2.05) is 24.3 Å². The summed E-state index contributed by atoms with van der Waals surface area (Å²) in [5, 5.41) is 3.38. The molecule has 0 heterocycles. The van der Waals surface area contributed by atoms with Gasteiger partial charge in [0.25, 0.3) is 0 Å². The van der Waals surface area contributed by atoms with Crippen molar-refractivity contribution in [1.29, 1.82) is 0 Å². The molecule has 0 aromatic heterocycles. The summed E-state index contributed by atoms with van der Waals surface area (Å²) in [6, 6.07) is 16.5. The lowest BCUT2D eigenvalue weighted by molar-refractivity contribution is 0.667. The van der Waals surface area contributed by atoms with E-state index in [2.05, 4.69) is 36.5 Å². The number of hydrogen-bond donors (Lipinski definition) is 2. The van der Waals surface area contributed by atoms with Gasteiger partial charge in [0, 0.05) is 17.1 Å². The monoisotopic (exact) mass is 268 g/mol. The molecule has 0 amide bonds. The average Bonchev–Trinajstić information content (AvgIpc) is 2.48. The normalized spacial score (nSPS) is 10.4. The summed E-state index contributed by atoms with van der Waals surface area (Å²) in [7, 11) is 0. The summed E-state index contributed by atoms with van der Waals surface area (Å²) in [6.07, 6.45) is 6.45. The number of nitrogens with two attached hydrogens (primary N) is 1. The summed E-state index contributed by atoms with van der Waals surface area (Å²) in [5.74, 6) is 0. The molecule has 0 spiro atoms. The van der Waals surface area contributed by atoms with Crippen LogP contribution in [0, 0.1) is 0 Å². The van der Waals surface area contributed by atoms with Crippen molar-refractivity contribution in [2.24, 2.45) is 0 Å². The molecule has 0 atom stereocenters. The SMILES string of the molecule is CCCCCCc1ccc(Nc2ccc(N)cc2)cc1. The van der Waals surface area contributed by atoms with Gasteiger partial charge >= 0.3 is 0 Å². The number of aryl methyl sites for hydroxylation is 1. The van der Waals surface area contributed by atoms with Crippen LogP contribution in [0.1, 0.15) is 38.2 Å². The fraction of sp³-hybridized carbons (Fsp3) is 0.333. The first-order valence-electron chi connectivity index (χ1n) is 7.49. The Morgan fingerprint density at radius 1 is 0.800 bits per heavy atom. The minimum Gasteiger partial charge on any atom is -0.399 e. The third-order valence-electron chi connectivity index (χ3n) is 3.47. The molecule has 2 rings (SSSR count). The molecule has 106 valence electrons. The van der Waals surface area contributed by atoms with Crippen LogP contribution in [-0.2, 0) is 6.42 Å². The molecule has 20 heavy (non-hydrogen) atoms. The molecule has 0 radical (unpaired) electrons. The Labute approximate surface area is 122 Å². The number of nitrogens with one attached hydrogen (secondary N) is 1. The lowest BCUT2D eigenvalue weighted by Crippen LogP contribution is -1.92. The molecule has 2 aromatic carbocycles. The smallest absolute Gasteiger partial charge is 0.0385 e. The number of anilines is 3. The van der Waals surface area contributed by atoms with E-state index in [-0.39, 0.29) is 0 Å². The molecule has 0 aliphatic carbocycles. The molecule has 2 heteroatoms. The highest BCUT2D eigenvalue weighted by Crippen LogP contribution is 2.19. The highest BCUT2D eigenvalue weighted by atomic mass is 14.9. The van der Waals surface area contributed by atoms with Gasteiger partial charge < -0.3 is 11.1 Å². The van der Waals surface area contributed by atoms with Crippen LogP contribution in [0.2, 0.25) is 0 Å². The lowest BCUT2D eigenvalue weighted by atomic mass is 10.1. The minimum atomic E-state index is 0.790. The average molecular weight is 268 g/mol. The van der Waals surface area contributed by atoms with Crippen molar-refractivity contribution in [3.63, 3.8) is 0 Å².